The Balaban J connectivity index is 0.900. The monoisotopic (exact) mass is 714 g/mol. The maximum atomic E-state index is 12.8. The minimum Gasteiger partial charge on any atom is -0.481 e. The van der Waals surface area contributed by atoms with E-state index in [1.807, 2.05) is 11.0 Å². The highest BCUT2D eigenvalue weighted by molar-refractivity contribution is 8.00. The van der Waals surface area contributed by atoms with Crippen molar-refractivity contribution < 1.29 is 24.2 Å². The van der Waals surface area contributed by atoms with Crippen LogP contribution in [0.4, 0.5) is 0 Å². The summed E-state index contributed by atoms with van der Waals surface area (Å²) < 4.78 is 5.65. The predicted octanol–water partition coefficient (Wildman–Crippen LogP) is 1.15. The van der Waals surface area contributed by atoms with Gasteiger partial charge in [-0.1, -0.05) is 30.5 Å². The summed E-state index contributed by atoms with van der Waals surface area (Å²) in [5.74, 6) is 6.43. The van der Waals surface area contributed by atoms with Crippen LogP contribution in [0, 0.1) is 24.7 Å². The number of aliphatic carboxylic acids is 1. The fourth-order valence-corrected chi connectivity index (χ4v) is 8.26. The molecule has 268 valence electrons. The second-order valence-electron chi connectivity index (χ2n) is 12.9. The molecule has 0 unspecified atom stereocenters. The van der Waals surface area contributed by atoms with Crippen LogP contribution in [0.1, 0.15) is 30.5 Å². The van der Waals surface area contributed by atoms with Gasteiger partial charge in [-0.2, -0.15) is 0 Å². The van der Waals surface area contributed by atoms with Crippen molar-refractivity contribution in [1.82, 2.24) is 39.8 Å². The number of aromatic nitrogens is 2. The van der Waals surface area contributed by atoms with Crippen molar-refractivity contribution >= 4 is 51.1 Å². The number of likely N-dealkylation sites (N-methyl/N-ethyl adjacent to an activating group) is 1. The van der Waals surface area contributed by atoms with E-state index in [1.54, 1.807) is 6.92 Å². The minimum atomic E-state index is -0.899. The van der Waals surface area contributed by atoms with Gasteiger partial charge >= 0.3 is 5.97 Å². The lowest BCUT2D eigenvalue weighted by atomic mass is 9.96. The number of hydrogen-bond donors (Lipinski definition) is 2. The first-order valence-corrected chi connectivity index (χ1v) is 19.2. The van der Waals surface area contributed by atoms with Crippen molar-refractivity contribution in [3.8, 4) is 11.8 Å². The van der Waals surface area contributed by atoms with Crippen LogP contribution in [-0.4, -0.2) is 174 Å². The van der Waals surface area contributed by atoms with Gasteiger partial charge in [0.05, 0.1) is 30.3 Å². The van der Waals surface area contributed by atoms with Crippen molar-refractivity contribution in [2.75, 3.05) is 117 Å². The summed E-state index contributed by atoms with van der Waals surface area (Å²) in [6, 6.07) is 1.87. The van der Waals surface area contributed by atoms with E-state index in [4.69, 9.17) is 9.84 Å². The zero-order chi connectivity index (χ0) is 34.6. The molecule has 5 heterocycles. The van der Waals surface area contributed by atoms with Gasteiger partial charge in [-0.15, -0.1) is 11.3 Å². The molecule has 3 aliphatic rings. The molecule has 0 atom stereocenters. The molecule has 0 bridgehead atoms. The molecular formula is C34H50N8O5S2. The number of ether oxygens (including phenoxy) is 1. The van der Waals surface area contributed by atoms with Crippen molar-refractivity contribution in [2.45, 2.75) is 31.7 Å². The summed E-state index contributed by atoms with van der Waals surface area (Å²) in [5, 5.41) is 13.2. The average molecular weight is 715 g/mol. The van der Waals surface area contributed by atoms with E-state index in [0.717, 1.165) is 113 Å². The number of likely N-dealkylation sites (tertiary alicyclic amines) is 1. The van der Waals surface area contributed by atoms with Gasteiger partial charge in [0.25, 0.3) is 0 Å². The van der Waals surface area contributed by atoms with Gasteiger partial charge in [-0.3, -0.25) is 24.2 Å². The number of hydrogen-bond acceptors (Lipinski definition) is 12. The molecule has 15 heteroatoms. The maximum Gasteiger partial charge on any atom is 0.313 e. The summed E-state index contributed by atoms with van der Waals surface area (Å²) in [4.78, 5) is 58.2. The molecule has 3 saturated heterocycles. The molecule has 49 heavy (non-hydrogen) atoms. The first kappa shape index (κ1) is 37.4. The lowest BCUT2D eigenvalue weighted by Crippen LogP contribution is -2.52. The lowest BCUT2D eigenvalue weighted by Gasteiger charge is -2.39. The van der Waals surface area contributed by atoms with Crippen molar-refractivity contribution in [2.24, 2.45) is 5.92 Å². The third-order valence-electron chi connectivity index (χ3n) is 9.39. The molecule has 0 aromatic carbocycles. The minimum absolute atomic E-state index is 0.00332. The number of carbonyl (C=O) groups is 3. The summed E-state index contributed by atoms with van der Waals surface area (Å²) >= 11 is 2.59. The van der Waals surface area contributed by atoms with E-state index in [1.165, 1.54) is 23.1 Å². The second kappa shape index (κ2) is 19.0. The van der Waals surface area contributed by atoms with Crippen molar-refractivity contribution in [3.63, 3.8) is 0 Å². The van der Waals surface area contributed by atoms with E-state index < -0.39 is 5.97 Å². The van der Waals surface area contributed by atoms with E-state index in [2.05, 4.69) is 53.6 Å². The fraction of sp³-hybridized carbons (Fsp3) is 0.676. The van der Waals surface area contributed by atoms with Crippen LogP contribution in [-0.2, 0) is 19.1 Å². The molecule has 0 radical (unpaired) electrons. The molecule has 13 nitrogen and oxygen atoms in total. The largest absolute Gasteiger partial charge is 0.481 e. The van der Waals surface area contributed by atoms with Crippen LogP contribution in [0.3, 0.4) is 0 Å². The van der Waals surface area contributed by atoms with Crippen molar-refractivity contribution in [1.29, 1.82) is 0 Å². The van der Waals surface area contributed by atoms with Gasteiger partial charge in [0.2, 0.25) is 11.8 Å². The molecular weight excluding hydrogens is 665 g/mol. The maximum absolute atomic E-state index is 12.8. The van der Waals surface area contributed by atoms with E-state index in [9.17, 15) is 14.4 Å². The van der Waals surface area contributed by atoms with E-state index in [0.29, 0.717) is 35.8 Å². The Bertz CT molecular complexity index is 1470. The normalized spacial score (nSPS) is 18.8. The Morgan fingerprint density at radius 2 is 1.71 bits per heavy atom. The number of aryl methyl sites for hydroxylation is 1. The Hall–Kier alpha value is -2.84. The smallest absolute Gasteiger partial charge is 0.313 e. The molecule has 3 fully saturated rings. The quantitative estimate of drug-likeness (QED) is 0.126. The molecule has 5 rings (SSSR count). The van der Waals surface area contributed by atoms with Gasteiger partial charge in [-0.05, 0) is 51.4 Å². The summed E-state index contributed by atoms with van der Waals surface area (Å²) in [6.45, 7) is 18.1. The van der Waals surface area contributed by atoms with Gasteiger partial charge < -0.3 is 29.9 Å². The predicted molar refractivity (Wildman–Crippen MR) is 192 cm³/mol. The number of nitrogens with one attached hydrogen (secondary N) is 1. The molecule has 0 aliphatic carbocycles. The number of piperazine rings is 2. The van der Waals surface area contributed by atoms with Crippen LogP contribution >= 0.6 is 23.1 Å². The molecule has 2 amide bonds. The van der Waals surface area contributed by atoms with Crippen LogP contribution in [0.15, 0.2) is 11.1 Å². The topological polar surface area (TPSA) is 135 Å². The Labute approximate surface area is 297 Å². The van der Waals surface area contributed by atoms with Crippen LogP contribution in [0.2, 0.25) is 0 Å². The highest BCUT2D eigenvalue weighted by atomic mass is 32.2. The number of piperidine rings is 1. The molecule has 3 aliphatic heterocycles. The first-order chi connectivity index (χ1) is 23.7. The highest BCUT2D eigenvalue weighted by Gasteiger charge is 2.27. The van der Waals surface area contributed by atoms with Crippen LogP contribution < -0.4 is 5.32 Å². The van der Waals surface area contributed by atoms with Gasteiger partial charge in [0.15, 0.2) is 0 Å². The summed E-state index contributed by atoms with van der Waals surface area (Å²) in [5.41, 5.74) is 0. The molecule has 2 aromatic heterocycles. The average Bonchev–Trinajstić information content (AvgIpc) is 3.51. The number of thiophene rings is 1. The number of fused-ring (bicyclic) bond motifs is 1. The number of carbonyl (C=O) groups excluding carboxylic acids is 2. The Morgan fingerprint density at radius 3 is 2.43 bits per heavy atom. The van der Waals surface area contributed by atoms with Gasteiger partial charge in [0.1, 0.15) is 22.3 Å². The molecule has 2 aromatic rings. The number of carboxylic acid groups (broad SMARTS) is 1. The molecule has 0 spiro atoms. The standard InChI is InChI=1S/C34H50N8O5S2/c1-3-38-15-17-42(18-16-38)31(44)23-40-9-6-27(7-10-40)22-41-13-11-39(12-14-41)19-20-47-24-30(43)35-8-4-5-28-21-29-33(48-25-32(45)46)36-26(2)37-34(29)49-28/h21,27H,3,6-20,22-25H2,1-2H3,(H,35,43)(H,45,46). The van der Waals surface area contributed by atoms with Gasteiger partial charge in [0, 0.05) is 70.8 Å². The van der Waals surface area contributed by atoms with E-state index in [-0.39, 0.29) is 24.8 Å². The summed E-state index contributed by atoms with van der Waals surface area (Å²) in [7, 11) is 0. The highest BCUT2D eigenvalue weighted by Crippen LogP contribution is 2.31. The number of nitrogens with zero attached hydrogens (tertiary/aromatic N) is 7. The molecule has 2 N–H and O–H groups in total. The third-order valence-corrected chi connectivity index (χ3v) is 11.3. The zero-order valence-electron chi connectivity index (χ0n) is 28.8. The van der Waals surface area contributed by atoms with Crippen LogP contribution in [0.25, 0.3) is 10.2 Å². The number of carboxylic acids is 1. The number of amides is 2. The Kier molecular flexibility index (Phi) is 14.5. The van der Waals surface area contributed by atoms with Gasteiger partial charge in [-0.25, -0.2) is 9.97 Å². The summed E-state index contributed by atoms with van der Waals surface area (Å²) in [6.07, 6.45) is 2.32. The second-order valence-corrected chi connectivity index (χ2v) is 14.9. The third kappa shape index (κ3) is 11.9. The van der Waals surface area contributed by atoms with E-state index >= 15 is 0 Å². The lowest BCUT2D eigenvalue weighted by molar-refractivity contribution is -0.135. The number of thioether (sulfide) groups is 1. The zero-order valence-corrected chi connectivity index (χ0v) is 30.5. The Morgan fingerprint density at radius 1 is 1.00 bits per heavy atom. The first-order valence-electron chi connectivity index (χ1n) is 17.4. The van der Waals surface area contributed by atoms with Crippen LogP contribution in [0.5, 0.6) is 0 Å². The number of rotatable bonds is 14. The van der Waals surface area contributed by atoms with Crippen molar-refractivity contribution in [3.05, 3.63) is 16.8 Å². The fourth-order valence-electron chi connectivity index (χ4n) is 6.47. The SMILES string of the molecule is CCN1CCN(C(=O)CN2CCC(CN3CCN(CCOCC(=O)NCC#Cc4cc5c(SCC(=O)O)nc(C)nc5s4)CC3)CC2)CC1. The molecule has 0 saturated carbocycles.